The fourth-order valence-corrected chi connectivity index (χ4v) is 4.45. The summed E-state index contributed by atoms with van der Waals surface area (Å²) in [5, 5.41) is 15.0. The highest BCUT2D eigenvalue weighted by atomic mass is 32.2. The molecule has 9 nitrogen and oxygen atoms in total. The van der Waals surface area contributed by atoms with Crippen LogP contribution in [0, 0.1) is 0 Å². The zero-order valence-electron chi connectivity index (χ0n) is 20.3. The molecule has 2 amide bonds. The van der Waals surface area contributed by atoms with Gasteiger partial charge in [-0.2, -0.15) is 0 Å². The van der Waals surface area contributed by atoms with Crippen LogP contribution in [0.3, 0.4) is 0 Å². The second kappa shape index (κ2) is 11.5. The van der Waals surface area contributed by atoms with Crippen molar-refractivity contribution in [3.63, 3.8) is 0 Å². The first-order valence-electron chi connectivity index (χ1n) is 11.6. The summed E-state index contributed by atoms with van der Waals surface area (Å²) in [7, 11) is 1.62. The Bertz CT molecular complexity index is 1530. The molecule has 0 atom stereocenters. The summed E-state index contributed by atoms with van der Waals surface area (Å²) in [6.45, 7) is 0. The Balaban J connectivity index is 1.29. The normalized spacial score (nSPS) is 10.7. The molecule has 5 aromatic rings. The van der Waals surface area contributed by atoms with Gasteiger partial charge in [0.1, 0.15) is 5.75 Å². The van der Waals surface area contributed by atoms with Crippen LogP contribution in [0.1, 0.15) is 10.6 Å². The monoisotopic (exact) mass is 525 g/mol. The van der Waals surface area contributed by atoms with E-state index in [9.17, 15) is 9.59 Å². The summed E-state index contributed by atoms with van der Waals surface area (Å²) in [5.74, 6) is 1.11. The first-order valence-corrected chi connectivity index (χ1v) is 12.6. The number of anilines is 2. The quantitative estimate of drug-likeness (QED) is 0.244. The number of benzene rings is 3. The molecule has 0 aliphatic heterocycles. The largest absolute Gasteiger partial charge is 0.497 e. The van der Waals surface area contributed by atoms with Crippen LogP contribution < -0.4 is 15.4 Å². The van der Waals surface area contributed by atoms with Crippen molar-refractivity contribution < 1.29 is 18.7 Å². The van der Waals surface area contributed by atoms with E-state index in [1.165, 1.54) is 18.0 Å². The minimum atomic E-state index is -0.373. The lowest BCUT2D eigenvalue weighted by Gasteiger charge is -2.11. The van der Waals surface area contributed by atoms with Gasteiger partial charge in [0.15, 0.2) is 16.7 Å². The zero-order valence-corrected chi connectivity index (χ0v) is 21.1. The molecule has 0 unspecified atom stereocenters. The van der Waals surface area contributed by atoms with Gasteiger partial charge in [0.25, 0.3) is 5.91 Å². The molecular formula is C28H23N5O4S. The van der Waals surface area contributed by atoms with E-state index in [1.807, 2.05) is 59.2 Å². The Morgan fingerprint density at radius 3 is 2.37 bits per heavy atom. The molecule has 38 heavy (non-hydrogen) atoms. The molecule has 0 aliphatic rings. The number of rotatable bonds is 9. The summed E-state index contributed by atoms with van der Waals surface area (Å²) >= 11 is 1.28. The number of para-hydroxylation sites is 1. The molecular weight excluding hydrogens is 502 g/mol. The lowest BCUT2D eigenvalue weighted by Crippen LogP contribution is -2.15. The van der Waals surface area contributed by atoms with Crippen LogP contribution in [0.4, 0.5) is 11.4 Å². The summed E-state index contributed by atoms with van der Waals surface area (Å²) in [5.41, 5.74) is 2.83. The van der Waals surface area contributed by atoms with Crippen molar-refractivity contribution in [3.05, 3.63) is 103 Å². The lowest BCUT2D eigenvalue weighted by molar-refractivity contribution is -0.113. The molecule has 2 heterocycles. The second-order valence-corrected chi connectivity index (χ2v) is 9.00. The van der Waals surface area contributed by atoms with E-state index in [4.69, 9.17) is 9.15 Å². The van der Waals surface area contributed by atoms with Crippen LogP contribution in [0.5, 0.6) is 5.75 Å². The van der Waals surface area contributed by atoms with Crippen LogP contribution in [0.2, 0.25) is 0 Å². The van der Waals surface area contributed by atoms with Gasteiger partial charge in [-0.15, -0.1) is 10.2 Å². The van der Waals surface area contributed by atoms with E-state index in [1.54, 1.807) is 43.5 Å². The first-order chi connectivity index (χ1) is 18.6. The van der Waals surface area contributed by atoms with E-state index >= 15 is 0 Å². The van der Waals surface area contributed by atoms with E-state index in [2.05, 4.69) is 20.8 Å². The van der Waals surface area contributed by atoms with Crippen LogP contribution in [0.15, 0.2) is 107 Å². The van der Waals surface area contributed by atoms with Gasteiger partial charge in [-0.05, 0) is 66.7 Å². The van der Waals surface area contributed by atoms with E-state index in [-0.39, 0.29) is 23.3 Å². The molecule has 0 bridgehead atoms. The van der Waals surface area contributed by atoms with Crippen molar-refractivity contribution in [2.24, 2.45) is 0 Å². The number of carbonyl (C=O) groups excluding carboxylic acids is 2. The maximum absolute atomic E-state index is 12.8. The van der Waals surface area contributed by atoms with Crippen LogP contribution in [-0.2, 0) is 4.79 Å². The fraction of sp³-hybridized carbons (Fsp3) is 0.0714. The van der Waals surface area contributed by atoms with Crippen molar-refractivity contribution in [3.8, 4) is 22.8 Å². The van der Waals surface area contributed by atoms with E-state index < -0.39 is 0 Å². The highest BCUT2D eigenvalue weighted by Gasteiger charge is 2.18. The molecule has 190 valence electrons. The van der Waals surface area contributed by atoms with Gasteiger partial charge in [0.2, 0.25) is 5.91 Å². The third-order valence-corrected chi connectivity index (χ3v) is 6.41. The number of thioether (sulfide) groups is 1. The topological polar surface area (TPSA) is 111 Å². The van der Waals surface area contributed by atoms with Gasteiger partial charge in [-0.1, -0.05) is 36.0 Å². The Morgan fingerprint density at radius 1 is 0.895 bits per heavy atom. The van der Waals surface area contributed by atoms with E-state index in [0.29, 0.717) is 22.4 Å². The number of nitrogens with one attached hydrogen (secondary N) is 2. The average molecular weight is 526 g/mol. The van der Waals surface area contributed by atoms with Gasteiger partial charge >= 0.3 is 0 Å². The smallest absolute Gasteiger partial charge is 0.291 e. The van der Waals surface area contributed by atoms with E-state index in [0.717, 1.165) is 17.0 Å². The molecule has 3 aromatic carbocycles. The van der Waals surface area contributed by atoms with Crippen LogP contribution in [-0.4, -0.2) is 39.4 Å². The molecule has 0 spiro atoms. The van der Waals surface area contributed by atoms with Crippen molar-refractivity contribution in [1.82, 2.24) is 14.8 Å². The van der Waals surface area contributed by atoms with Crippen LogP contribution >= 0.6 is 11.8 Å². The number of nitrogens with zero attached hydrogens (tertiary/aromatic N) is 3. The summed E-state index contributed by atoms with van der Waals surface area (Å²) in [6, 6.07) is 27.4. The molecule has 5 rings (SSSR count). The molecule has 0 saturated heterocycles. The van der Waals surface area contributed by atoms with Crippen LogP contribution in [0.25, 0.3) is 17.1 Å². The van der Waals surface area contributed by atoms with Gasteiger partial charge < -0.3 is 19.8 Å². The number of furan rings is 1. The second-order valence-electron chi connectivity index (χ2n) is 8.05. The molecule has 2 aromatic heterocycles. The molecule has 2 N–H and O–H groups in total. The fourth-order valence-electron chi connectivity index (χ4n) is 3.70. The number of hydrogen-bond acceptors (Lipinski definition) is 7. The minimum absolute atomic E-state index is 0.108. The van der Waals surface area contributed by atoms with Crippen molar-refractivity contribution in [2.75, 3.05) is 23.5 Å². The number of methoxy groups -OCH3 is 1. The standard InChI is InChI=1S/C28H23N5O4S/c1-36-23-14-12-19(13-15-23)26-31-32-28(33(26)22-9-3-2-4-10-22)38-18-25(34)29-20-7-5-8-21(17-20)30-27(35)24-11-6-16-37-24/h2-17H,18H2,1H3,(H,29,34)(H,30,35). The average Bonchev–Trinajstić information content (AvgIpc) is 3.64. The minimum Gasteiger partial charge on any atom is -0.497 e. The summed E-state index contributed by atoms with van der Waals surface area (Å²) < 4.78 is 12.3. The van der Waals surface area contributed by atoms with Gasteiger partial charge in [-0.3, -0.25) is 14.2 Å². The number of aromatic nitrogens is 3. The predicted octanol–water partition coefficient (Wildman–Crippen LogP) is 5.52. The Hall–Kier alpha value is -4.83. The van der Waals surface area contributed by atoms with Crippen molar-refractivity contribution >= 4 is 35.0 Å². The number of amides is 2. The first kappa shape index (κ1) is 24.8. The van der Waals surface area contributed by atoms with Crippen molar-refractivity contribution in [1.29, 1.82) is 0 Å². The molecule has 10 heteroatoms. The lowest BCUT2D eigenvalue weighted by atomic mass is 10.2. The molecule has 0 saturated carbocycles. The van der Waals surface area contributed by atoms with Gasteiger partial charge in [-0.25, -0.2) is 0 Å². The highest BCUT2D eigenvalue weighted by Crippen LogP contribution is 2.29. The molecule has 0 radical (unpaired) electrons. The number of carbonyl (C=O) groups is 2. The SMILES string of the molecule is COc1ccc(-c2nnc(SCC(=O)Nc3cccc(NC(=O)c4ccco4)c3)n2-c2ccccc2)cc1. The highest BCUT2D eigenvalue weighted by molar-refractivity contribution is 7.99. The molecule has 0 aliphatic carbocycles. The maximum Gasteiger partial charge on any atom is 0.291 e. The Morgan fingerprint density at radius 2 is 1.66 bits per heavy atom. The predicted molar refractivity (Wildman–Crippen MR) is 146 cm³/mol. The third-order valence-electron chi connectivity index (χ3n) is 5.48. The zero-order chi connectivity index (χ0) is 26.3. The van der Waals surface area contributed by atoms with Gasteiger partial charge in [0, 0.05) is 22.6 Å². The Labute approximate surface area is 222 Å². The maximum atomic E-state index is 12.8. The third kappa shape index (κ3) is 5.76. The number of ether oxygens (including phenoxy) is 1. The molecule has 0 fully saturated rings. The van der Waals surface area contributed by atoms with Crippen molar-refractivity contribution in [2.45, 2.75) is 5.16 Å². The summed E-state index contributed by atoms with van der Waals surface area (Å²) in [6.07, 6.45) is 1.43. The summed E-state index contributed by atoms with van der Waals surface area (Å²) in [4.78, 5) is 25.0. The van der Waals surface area contributed by atoms with Gasteiger partial charge in [0.05, 0.1) is 19.1 Å². The number of hydrogen-bond donors (Lipinski definition) is 2. The Kier molecular flexibility index (Phi) is 7.51.